The molecule has 0 rings (SSSR count). The van der Waals surface area contributed by atoms with Gasteiger partial charge in [-0.25, -0.2) is 15.2 Å². The molecule has 0 saturated carbocycles. The number of nitrogens with zero attached hydrogens (tertiary/aromatic N) is 1. The van der Waals surface area contributed by atoms with Crippen molar-refractivity contribution in [3.05, 3.63) is 0 Å². The first kappa shape index (κ1) is 21.6. The van der Waals surface area contributed by atoms with Gasteiger partial charge in [0, 0.05) is 12.2 Å². The average Bonchev–Trinajstić information content (AvgIpc) is 2.53. The maximum Gasteiger partial charge on any atom is 0.348 e. The second kappa shape index (κ2) is 10.4. The summed E-state index contributed by atoms with van der Waals surface area (Å²) in [6.07, 6.45) is -0.499. The summed E-state index contributed by atoms with van der Waals surface area (Å²) in [6.45, 7) is -1.05. The first-order valence-corrected chi connectivity index (χ1v) is 7.13. The Morgan fingerprint density at radius 3 is 2.17 bits per heavy atom. The average molecular weight is 366 g/mol. The van der Waals surface area contributed by atoms with Crippen LogP contribution in [0.1, 0.15) is 12.8 Å². The van der Waals surface area contributed by atoms with E-state index in [1.54, 1.807) is 0 Å². The molecule has 0 heterocycles. The second-order valence-electron chi connectivity index (χ2n) is 4.52. The number of carboxylic acid groups (broad SMARTS) is 2. The maximum atomic E-state index is 12.1. The van der Waals surface area contributed by atoms with Crippen molar-refractivity contribution in [1.29, 1.82) is 0 Å². The Hall–Kier alpha value is -2.38. The zero-order valence-corrected chi connectivity index (χ0v) is 13.2. The first-order chi connectivity index (χ1) is 11.1. The molecule has 4 amide bonds. The Kier molecular flexibility index (Phi) is 9.37. The highest BCUT2D eigenvalue weighted by molar-refractivity contribution is 7.80. The molecule has 0 bridgehead atoms. The Morgan fingerprint density at radius 2 is 1.75 bits per heavy atom. The molecule has 0 saturated heterocycles. The van der Waals surface area contributed by atoms with Crippen LogP contribution in [0.25, 0.3) is 0 Å². The van der Waals surface area contributed by atoms with Gasteiger partial charge in [-0.2, -0.15) is 12.6 Å². The summed E-state index contributed by atoms with van der Waals surface area (Å²) in [5.41, 5.74) is 6.35. The van der Waals surface area contributed by atoms with E-state index in [9.17, 15) is 24.0 Å². The number of hydroxylamine groups is 1. The number of nitrogens with one attached hydrogen (secondary N) is 2. The van der Waals surface area contributed by atoms with E-state index < -0.39 is 48.4 Å². The molecule has 2 atom stereocenters. The number of nitrogens with two attached hydrogens (primary N) is 1. The lowest BCUT2D eigenvalue weighted by molar-refractivity contribution is -0.143. The Bertz CT molecular complexity index is 514. The molecular weight excluding hydrogens is 348 g/mol. The fourth-order valence-electron chi connectivity index (χ4n) is 1.50. The van der Waals surface area contributed by atoms with Crippen LogP contribution >= 0.6 is 12.6 Å². The van der Waals surface area contributed by atoms with Crippen molar-refractivity contribution in [2.45, 2.75) is 24.9 Å². The van der Waals surface area contributed by atoms with Crippen molar-refractivity contribution in [2.24, 2.45) is 5.73 Å². The van der Waals surface area contributed by atoms with Gasteiger partial charge in [-0.05, 0) is 6.42 Å². The molecule has 0 aromatic heterocycles. The van der Waals surface area contributed by atoms with Gasteiger partial charge < -0.3 is 21.3 Å². The summed E-state index contributed by atoms with van der Waals surface area (Å²) in [5.74, 6) is -4.95. The van der Waals surface area contributed by atoms with Crippen molar-refractivity contribution in [3.8, 4) is 0 Å². The first-order valence-electron chi connectivity index (χ1n) is 6.49. The number of amides is 4. The number of hydrogen-bond acceptors (Lipinski definition) is 8. The summed E-state index contributed by atoms with van der Waals surface area (Å²) < 4.78 is 0. The van der Waals surface area contributed by atoms with E-state index in [-0.39, 0.29) is 23.5 Å². The lowest BCUT2D eigenvalue weighted by Crippen LogP contribution is -2.55. The molecule has 24 heavy (non-hydrogen) atoms. The molecule has 0 radical (unpaired) electrons. The van der Waals surface area contributed by atoms with E-state index in [4.69, 9.17) is 21.2 Å². The summed E-state index contributed by atoms with van der Waals surface area (Å²) in [5, 5.41) is 28.0. The number of imide groups is 1. The Morgan fingerprint density at radius 1 is 1.17 bits per heavy atom. The molecule has 0 aliphatic heterocycles. The van der Waals surface area contributed by atoms with Gasteiger partial charge in [-0.3, -0.25) is 24.4 Å². The lowest BCUT2D eigenvalue weighted by atomic mass is 10.1. The number of aliphatic carboxylic acids is 2. The van der Waals surface area contributed by atoms with Gasteiger partial charge in [0.15, 0.2) is 0 Å². The molecule has 136 valence electrons. The second-order valence-corrected chi connectivity index (χ2v) is 4.89. The zero-order valence-electron chi connectivity index (χ0n) is 12.3. The fraction of sp³-hybridized carbons (Fsp3) is 0.545. The van der Waals surface area contributed by atoms with E-state index in [2.05, 4.69) is 17.9 Å². The molecule has 7 N–H and O–H groups in total. The van der Waals surface area contributed by atoms with E-state index in [0.717, 1.165) is 5.48 Å². The van der Waals surface area contributed by atoms with Gasteiger partial charge in [0.25, 0.3) is 5.91 Å². The van der Waals surface area contributed by atoms with E-state index in [1.807, 2.05) is 0 Å². The van der Waals surface area contributed by atoms with Gasteiger partial charge in [0.05, 0.1) is 0 Å². The standard InChI is InChI=1S/C11H18N4O8S/c12-5(10(20)21)1-2-7(16)13-6(4-24)9(19)15(3-8(17)18)11(22)14-23/h5-6,23-24H,1-4,12H2,(H,13,16)(H,14,22)(H,17,18)(H,20,21). The van der Waals surface area contributed by atoms with Crippen molar-refractivity contribution < 1.29 is 39.4 Å². The highest BCUT2D eigenvalue weighted by Crippen LogP contribution is 2.02. The molecular formula is C11H18N4O8S. The highest BCUT2D eigenvalue weighted by atomic mass is 32.1. The zero-order chi connectivity index (χ0) is 18.9. The van der Waals surface area contributed by atoms with Crippen molar-refractivity contribution in [3.63, 3.8) is 0 Å². The number of hydrogen-bond donors (Lipinski definition) is 7. The van der Waals surface area contributed by atoms with Crippen LogP contribution in [0.3, 0.4) is 0 Å². The smallest absolute Gasteiger partial charge is 0.348 e. The molecule has 13 heteroatoms. The monoisotopic (exact) mass is 366 g/mol. The molecule has 2 unspecified atom stereocenters. The normalized spacial score (nSPS) is 12.6. The van der Waals surface area contributed by atoms with E-state index in [1.165, 1.54) is 0 Å². The predicted molar refractivity (Wildman–Crippen MR) is 80.3 cm³/mol. The molecule has 0 spiro atoms. The number of rotatable bonds is 9. The van der Waals surface area contributed by atoms with E-state index >= 15 is 0 Å². The number of carbonyl (C=O) groups is 5. The summed E-state index contributed by atoms with van der Waals surface area (Å²) in [6, 6.07) is -4.01. The lowest BCUT2D eigenvalue weighted by Gasteiger charge is -2.23. The minimum atomic E-state index is -1.52. The summed E-state index contributed by atoms with van der Waals surface area (Å²) in [7, 11) is 0. The van der Waals surface area contributed by atoms with Crippen LogP contribution in [0.5, 0.6) is 0 Å². The van der Waals surface area contributed by atoms with Gasteiger partial charge in [-0.15, -0.1) is 0 Å². The number of carbonyl (C=O) groups excluding carboxylic acids is 3. The number of carboxylic acids is 2. The fourth-order valence-corrected chi connectivity index (χ4v) is 1.74. The minimum absolute atomic E-state index is 0.173. The van der Waals surface area contributed by atoms with Crippen LogP contribution in [0.4, 0.5) is 4.79 Å². The number of thiol groups is 1. The topological polar surface area (TPSA) is 199 Å². The Balaban J connectivity index is 4.87. The molecule has 0 aliphatic carbocycles. The van der Waals surface area contributed by atoms with Gasteiger partial charge in [0.2, 0.25) is 5.91 Å². The Labute approximate surface area is 141 Å². The van der Waals surface area contributed by atoms with Crippen molar-refractivity contribution >= 4 is 42.4 Å². The largest absolute Gasteiger partial charge is 0.480 e. The third kappa shape index (κ3) is 7.26. The van der Waals surface area contributed by atoms with Crippen LogP contribution in [-0.4, -0.2) is 74.5 Å². The molecule has 0 fully saturated rings. The van der Waals surface area contributed by atoms with Gasteiger partial charge in [-0.1, -0.05) is 0 Å². The maximum absolute atomic E-state index is 12.1. The third-order valence-corrected chi connectivity index (χ3v) is 3.08. The van der Waals surface area contributed by atoms with Crippen LogP contribution < -0.4 is 16.5 Å². The van der Waals surface area contributed by atoms with E-state index in [0.29, 0.717) is 0 Å². The molecule has 0 aliphatic rings. The predicted octanol–water partition coefficient (Wildman–Crippen LogP) is -2.39. The molecule has 0 aromatic rings. The van der Waals surface area contributed by atoms with Crippen LogP contribution in [0, 0.1) is 0 Å². The van der Waals surface area contributed by atoms with Crippen LogP contribution in [0.2, 0.25) is 0 Å². The molecule has 0 aromatic carbocycles. The third-order valence-electron chi connectivity index (χ3n) is 2.72. The quantitative estimate of drug-likeness (QED) is 0.132. The van der Waals surface area contributed by atoms with Gasteiger partial charge >= 0.3 is 18.0 Å². The van der Waals surface area contributed by atoms with Crippen LogP contribution in [-0.2, 0) is 19.2 Å². The summed E-state index contributed by atoms with van der Waals surface area (Å²) >= 11 is 3.83. The SMILES string of the molecule is NC(CCC(=O)NC(CS)C(=O)N(CC(=O)O)C(=O)NO)C(=O)O. The van der Waals surface area contributed by atoms with Crippen molar-refractivity contribution in [2.75, 3.05) is 12.3 Å². The minimum Gasteiger partial charge on any atom is -0.480 e. The van der Waals surface area contributed by atoms with Crippen molar-refractivity contribution in [1.82, 2.24) is 15.7 Å². The number of urea groups is 1. The highest BCUT2D eigenvalue weighted by Gasteiger charge is 2.30. The summed E-state index contributed by atoms with van der Waals surface area (Å²) in [4.78, 5) is 56.5. The molecule has 12 nitrogen and oxygen atoms in total. The van der Waals surface area contributed by atoms with Gasteiger partial charge in [0.1, 0.15) is 18.6 Å². The van der Waals surface area contributed by atoms with Crippen LogP contribution in [0.15, 0.2) is 0 Å².